The third-order valence-electron chi connectivity index (χ3n) is 4.93. The average molecular weight is 438 g/mol. The van der Waals surface area contributed by atoms with Crippen LogP contribution >= 0.6 is 11.8 Å². The molecule has 162 valence electrons. The summed E-state index contributed by atoms with van der Waals surface area (Å²) >= 11 is 1.29. The summed E-state index contributed by atoms with van der Waals surface area (Å²) < 4.78 is 5.84. The molecular formula is C23H27N5O2S. The van der Waals surface area contributed by atoms with E-state index < -0.39 is 0 Å². The molecule has 0 unspecified atom stereocenters. The second-order valence-corrected chi connectivity index (χ2v) is 8.45. The number of benzene rings is 2. The highest BCUT2D eigenvalue weighted by Crippen LogP contribution is 2.29. The van der Waals surface area contributed by atoms with Crippen LogP contribution in [0, 0.1) is 19.3 Å². The Balaban J connectivity index is 2.02. The Kier molecular flexibility index (Phi) is 7.83. The van der Waals surface area contributed by atoms with Gasteiger partial charge in [-0.2, -0.15) is 0 Å². The van der Waals surface area contributed by atoms with E-state index in [4.69, 9.17) is 16.0 Å². The molecule has 1 aliphatic rings. The van der Waals surface area contributed by atoms with Crippen molar-refractivity contribution in [2.24, 2.45) is 16.2 Å². The standard InChI is InChI=1S/C23H27N5O2S/c1-15-11-16(2)20-13-19(15)21(27-28-25)14-22(24)31-18-8-6-7-17(12-18)30-10-5-3-4-9-26-23(20)29/h6-8,11-14,24H,3-5,9-10H2,1-2H3,(H2,25,27)(H,26,29). The number of amides is 1. The molecule has 4 bridgehead atoms. The van der Waals surface area contributed by atoms with E-state index in [0.29, 0.717) is 30.0 Å². The number of nitrogens with two attached hydrogens (primary N) is 1. The Morgan fingerprint density at radius 2 is 1.90 bits per heavy atom. The highest BCUT2D eigenvalue weighted by molar-refractivity contribution is 8.14. The summed E-state index contributed by atoms with van der Waals surface area (Å²) in [6, 6.07) is 11.4. The molecule has 1 heterocycles. The van der Waals surface area contributed by atoms with Gasteiger partial charge >= 0.3 is 0 Å². The van der Waals surface area contributed by atoms with E-state index in [2.05, 4.69) is 15.7 Å². The first kappa shape index (κ1) is 22.6. The smallest absolute Gasteiger partial charge is 0.251 e. The van der Waals surface area contributed by atoms with Crippen molar-refractivity contribution in [3.8, 4) is 5.75 Å². The summed E-state index contributed by atoms with van der Waals surface area (Å²) in [5.74, 6) is 5.99. The van der Waals surface area contributed by atoms with Crippen LogP contribution in [0.5, 0.6) is 5.75 Å². The molecule has 4 N–H and O–H groups in total. The van der Waals surface area contributed by atoms with Crippen LogP contribution in [0.4, 0.5) is 0 Å². The number of rotatable bonds is 1. The molecule has 0 saturated carbocycles. The molecule has 0 aliphatic carbocycles. The molecule has 0 atom stereocenters. The van der Waals surface area contributed by atoms with Crippen LogP contribution in [-0.4, -0.2) is 24.1 Å². The zero-order valence-electron chi connectivity index (χ0n) is 17.8. The molecule has 0 fully saturated rings. The van der Waals surface area contributed by atoms with Gasteiger partial charge in [-0.3, -0.25) is 10.2 Å². The summed E-state index contributed by atoms with van der Waals surface area (Å²) in [5, 5.41) is 19.2. The third-order valence-corrected chi connectivity index (χ3v) is 5.76. The fraction of sp³-hybridized carbons (Fsp3) is 0.304. The number of aryl methyl sites for hydroxylation is 2. The van der Waals surface area contributed by atoms with E-state index in [0.717, 1.165) is 41.0 Å². The van der Waals surface area contributed by atoms with Gasteiger partial charge in [0.2, 0.25) is 0 Å². The van der Waals surface area contributed by atoms with Crippen LogP contribution in [0.2, 0.25) is 0 Å². The molecule has 2 aromatic rings. The Morgan fingerprint density at radius 1 is 1.10 bits per heavy atom. The number of ether oxygens (including phenoxy) is 1. The lowest BCUT2D eigenvalue weighted by molar-refractivity contribution is 0.0952. The molecule has 7 nitrogen and oxygen atoms in total. The van der Waals surface area contributed by atoms with Crippen LogP contribution in [0.1, 0.15) is 46.3 Å². The summed E-state index contributed by atoms with van der Waals surface area (Å²) in [6.07, 6.45) is 4.36. The normalized spacial score (nSPS) is 16.1. The lowest BCUT2D eigenvalue weighted by atomic mass is 9.97. The lowest BCUT2D eigenvalue weighted by Crippen LogP contribution is -2.25. The highest BCUT2D eigenvalue weighted by atomic mass is 32.2. The van der Waals surface area contributed by atoms with Gasteiger partial charge in [0.1, 0.15) is 5.75 Å². The molecule has 0 radical (unpaired) electrons. The van der Waals surface area contributed by atoms with E-state index in [1.165, 1.54) is 11.8 Å². The van der Waals surface area contributed by atoms with Crippen molar-refractivity contribution in [3.05, 3.63) is 64.7 Å². The summed E-state index contributed by atoms with van der Waals surface area (Å²) in [5.41, 5.74) is 3.53. The predicted molar refractivity (Wildman–Crippen MR) is 125 cm³/mol. The van der Waals surface area contributed by atoms with Gasteiger partial charge in [0.25, 0.3) is 5.91 Å². The number of carbonyl (C=O) groups is 1. The molecule has 3 rings (SSSR count). The number of hydrogen-bond acceptors (Lipinski definition) is 6. The van der Waals surface area contributed by atoms with Crippen molar-refractivity contribution in [1.82, 2.24) is 5.32 Å². The quantitative estimate of drug-likeness (QED) is 0.330. The Labute approximate surface area is 186 Å². The monoisotopic (exact) mass is 437 g/mol. The Hall–Kier alpha value is -3.13. The first-order valence-corrected chi connectivity index (χ1v) is 11.0. The maximum atomic E-state index is 12.8. The van der Waals surface area contributed by atoms with Crippen LogP contribution < -0.4 is 15.9 Å². The number of carbonyl (C=O) groups excluding carboxylic acids is 1. The van der Waals surface area contributed by atoms with Crippen molar-refractivity contribution >= 4 is 28.4 Å². The second-order valence-electron chi connectivity index (χ2n) is 7.33. The first-order chi connectivity index (χ1) is 15.0. The highest BCUT2D eigenvalue weighted by Gasteiger charge is 2.15. The first-order valence-electron chi connectivity index (χ1n) is 10.2. The van der Waals surface area contributed by atoms with Gasteiger partial charge in [-0.1, -0.05) is 29.1 Å². The summed E-state index contributed by atoms with van der Waals surface area (Å²) in [6.45, 7) is 5.06. The van der Waals surface area contributed by atoms with Crippen molar-refractivity contribution in [2.75, 3.05) is 13.2 Å². The number of thioether (sulfide) groups is 1. The van der Waals surface area contributed by atoms with Gasteiger partial charge in [0, 0.05) is 22.6 Å². The third kappa shape index (κ3) is 6.18. The van der Waals surface area contributed by atoms with Crippen molar-refractivity contribution in [2.45, 2.75) is 38.0 Å². The van der Waals surface area contributed by atoms with E-state index in [-0.39, 0.29) is 11.0 Å². The van der Waals surface area contributed by atoms with Crippen molar-refractivity contribution < 1.29 is 9.53 Å². The predicted octanol–water partition coefficient (Wildman–Crippen LogP) is 5.03. The van der Waals surface area contributed by atoms with Gasteiger partial charge in [-0.15, -0.1) is 5.11 Å². The van der Waals surface area contributed by atoms with E-state index >= 15 is 0 Å². The molecule has 1 aliphatic heterocycles. The largest absolute Gasteiger partial charge is 0.494 e. The number of hydrogen-bond donors (Lipinski definition) is 3. The van der Waals surface area contributed by atoms with Gasteiger partial charge in [0.05, 0.1) is 17.3 Å². The van der Waals surface area contributed by atoms with Crippen LogP contribution in [0.25, 0.3) is 5.70 Å². The SMILES string of the molecule is Cc1cc(C)c2cc1C(=O)NCCCCCOc1cccc(c1)SC(=N)C=C2N=NN. The van der Waals surface area contributed by atoms with Crippen LogP contribution in [0.15, 0.2) is 57.7 Å². The fourth-order valence-electron chi connectivity index (χ4n) is 3.39. The van der Waals surface area contributed by atoms with Crippen molar-refractivity contribution in [1.29, 1.82) is 5.41 Å². The topological polar surface area (TPSA) is 113 Å². The zero-order valence-corrected chi connectivity index (χ0v) is 18.6. The minimum absolute atomic E-state index is 0.125. The second kappa shape index (κ2) is 10.8. The molecule has 1 amide bonds. The average Bonchev–Trinajstić information content (AvgIpc) is 2.72. The molecule has 0 saturated heterocycles. The maximum absolute atomic E-state index is 12.8. The molecule has 0 aromatic heterocycles. The molecule has 8 heteroatoms. The van der Waals surface area contributed by atoms with Gasteiger partial charge < -0.3 is 15.9 Å². The maximum Gasteiger partial charge on any atom is 0.251 e. The summed E-state index contributed by atoms with van der Waals surface area (Å²) in [7, 11) is 0. The van der Waals surface area contributed by atoms with Gasteiger partial charge in [-0.25, -0.2) is 0 Å². The Morgan fingerprint density at radius 3 is 2.71 bits per heavy atom. The zero-order chi connectivity index (χ0) is 22.2. The molecule has 2 aromatic carbocycles. The van der Waals surface area contributed by atoms with E-state index in [1.54, 1.807) is 12.1 Å². The lowest BCUT2D eigenvalue weighted by Gasteiger charge is -2.13. The molecule has 0 spiro atoms. The minimum atomic E-state index is -0.125. The van der Waals surface area contributed by atoms with Gasteiger partial charge in [-0.05, 0) is 74.6 Å². The number of fused-ring (bicyclic) bond motifs is 4. The van der Waals surface area contributed by atoms with Gasteiger partial charge in [0.15, 0.2) is 0 Å². The van der Waals surface area contributed by atoms with E-state index in [1.807, 2.05) is 44.2 Å². The number of nitrogens with one attached hydrogen (secondary N) is 2. The summed E-state index contributed by atoms with van der Waals surface area (Å²) in [4.78, 5) is 13.7. The minimum Gasteiger partial charge on any atom is -0.494 e. The molecular weight excluding hydrogens is 410 g/mol. The van der Waals surface area contributed by atoms with Crippen molar-refractivity contribution in [3.63, 3.8) is 0 Å². The fourth-order valence-corrected chi connectivity index (χ4v) is 4.14. The number of nitrogens with zero attached hydrogens (tertiary/aromatic N) is 2. The van der Waals surface area contributed by atoms with Crippen LogP contribution in [-0.2, 0) is 0 Å². The van der Waals surface area contributed by atoms with E-state index in [9.17, 15) is 4.79 Å². The Bertz CT molecular complexity index is 1030. The van der Waals surface area contributed by atoms with Crippen LogP contribution in [0.3, 0.4) is 0 Å². The molecule has 31 heavy (non-hydrogen) atoms.